The van der Waals surface area contributed by atoms with Crippen molar-refractivity contribution in [3.8, 4) is 0 Å². The molecule has 0 saturated heterocycles. The summed E-state index contributed by atoms with van der Waals surface area (Å²) in [5.74, 6) is 0. The second-order valence-electron chi connectivity index (χ2n) is 6.79. The van der Waals surface area contributed by atoms with E-state index in [9.17, 15) is 5.11 Å². The molecule has 1 atom stereocenters. The molecule has 0 fully saturated rings. The van der Waals surface area contributed by atoms with Crippen molar-refractivity contribution in [1.29, 1.82) is 0 Å². The molecule has 1 aromatic heterocycles. The van der Waals surface area contributed by atoms with Crippen LogP contribution in [0.2, 0.25) is 0 Å². The Hall–Kier alpha value is -1.84. The summed E-state index contributed by atoms with van der Waals surface area (Å²) in [5.41, 5.74) is 2.34. The first kappa shape index (κ1) is 18.0. The maximum Gasteiger partial charge on any atom is 0.0952 e. The number of unbranched alkanes of at least 4 members (excludes halogenated alkanes) is 4. The maximum absolute atomic E-state index is 10.4. The Morgan fingerprint density at radius 2 is 1.48 bits per heavy atom. The van der Waals surface area contributed by atoms with Crippen LogP contribution in [0.3, 0.4) is 0 Å². The second-order valence-corrected chi connectivity index (χ2v) is 6.79. The fourth-order valence-electron chi connectivity index (χ4n) is 3.49. The minimum atomic E-state index is -0.491. The van der Waals surface area contributed by atoms with Gasteiger partial charge in [-0.25, -0.2) is 0 Å². The summed E-state index contributed by atoms with van der Waals surface area (Å²) >= 11 is 0. The molecule has 3 heteroatoms. The molecule has 1 N–H and O–H groups in total. The van der Waals surface area contributed by atoms with Crippen LogP contribution in [0.15, 0.2) is 48.5 Å². The fraction of sp³-hybridized carbons (Fsp3) is 0.455. The van der Waals surface area contributed by atoms with Crippen molar-refractivity contribution >= 4 is 21.8 Å². The van der Waals surface area contributed by atoms with Crippen molar-refractivity contribution in [2.45, 2.75) is 51.7 Å². The number of aromatic nitrogens is 1. The number of aliphatic hydroxyl groups is 1. The molecule has 0 aliphatic heterocycles. The van der Waals surface area contributed by atoms with E-state index >= 15 is 0 Å². The molecule has 0 saturated carbocycles. The Morgan fingerprint density at radius 1 is 0.880 bits per heavy atom. The molecule has 1 unspecified atom stereocenters. The summed E-state index contributed by atoms with van der Waals surface area (Å²) in [6, 6.07) is 16.8. The zero-order valence-electron chi connectivity index (χ0n) is 15.2. The molecule has 0 aliphatic rings. The summed E-state index contributed by atoms with van der Waals surface area (Å²) in [6.45, 7) is 3.92. The maximum atomic E-state index is 10.4. The largest absolute Gasteiger partial charge is 0.389 e. The van der Waals surface area contributed by atoms with E-state index in [2.05, 4.69) is 60.0 Å². The summed E-state index contributed by atoms with van der Waals surface area (Å²) in [4.78, 5) is 0. The van der Waals surface area contributed by atoms with Gasteiger partial charge in [0.1, 0.15) is 0 Å². The third-order valence-corrected chi connectivity index (χ3v) is 4.78. The van der Waals surface area contributed by atoms with Gasteiger partial charge in [-0.2, -0.15) is 0 Å². The Bertz CT molecular complexity index is 740. The van der Waals surface area contributed by atoms with Crippen LogP contribution in [0.5, 0.6) is 0 Å². The first-order valence-corrected chi connectivity index (χ1v) is 9.53. The highest BCUT2D eigenvalue weighted by Crippen LogP contribution is 2.28. The third kappa shape index (κ3) is 4.42. The molecule has 3 aromatic rings. The number of rotatable bonds is 10. The van der Waals surface area contributed by atoms with E-state index in [1.807, 2.05) is 0 Å². The Balaban J connectivity index is 1.60. The minimum absolute atomic E-state index is 0.397. The van der Waals surface area contributed by atoms with Gasteiger partial charge in [-0.15, -0.1) is 0 Å². The van der Waals surface area contributed by atoms with Gasteiger partial charge in [0.05, 0.1) is 19.3 Å². The predicted molar refractivity (Wildman–Crippen MR) is 105 cm³/mol. The Morgan fingerprint density at radius 3 is 2.12 bits per heavy atom. The number of nitrogens with zero attached hydrogens (tertiary/aromatic N) is 1. The zero-order valence-corrected chi connectivity index (χ0v) is 15.2. The number of ether oxygens (including phenoxy) is 1. The molecule has 0 aliphatic carbocycles. The monoisotopic (exact) mass is 339 g/mol. The van der Waals surface area contributed by atoms with Crippen LogP contribution in [0.25, 0.3) is 21.8 Å². The predicted octanol–water partition coefficient (Wildman–Crippen LogP) is 5.14. The SMILES string of the molecule is CCCCCCCOCC(O)Cn1c2ccccc2c2ccccc21. The Kier molecular flexibility index (Phi) is 6.48. The van der Waals surface area contributed by atoms with Crippen LogP contribution >= 0.6 is 0 Å². The van der Waals surface area contributed by atoms with E-state index in [1.165, 1.54) is 47.5 Å². The van der Waals surface area contributed by atoms with Gasteiger partial charge in [0.25, 0.3) is 0 Å². The lowest BCUT2D eigenvalue weighted by Crippen LogP contribution is -2.22. The first-order valence-electron chi connectivity index (χ1n) is 9.53. The van der Waals surface area contributed by atoms with Crippen LogP contribution in [0, 0.1) is 0 Å². The molecular formula is C22H29NO2. The molecule has 25 heavy (non-hydrogen) atoms. The van der Waals surface area contributed by atoms with Crippen LogP contribution in [0.4, 0.5) is 0 Å². The highest BCUT2D eigenvalue weighted by molar-refractivity contribution is 6.07. The Labute approximate surface area is 150 Å². The molecule has 0 spiro atoms. The summed E-state index contributed by atoms with van der Waals surface area (Å²) < 4.78 is 7.89. The smallest absolute Gasteiger partial charge is 0.0952 e. The first-order chi connectivity index (χ1) is 12.3. The van der Waals surface area contributed by atoms with Gasteiger partial charge in [-0.05, 0) is 18.6 Å². The van der Waals surface area contributed by atoms with Gasteiger partial charge in [0, 0.05) is 28.4 Å². The van der Waals surface area contributed by atoms with Gasteiger partial charge in [0.2, 0.25) is 0 Å². The van der Waals surface area contributed by atoms with Crippen molar-refractivity contribution < 1.29 is 9.84 Å². The minimum Gasteiger partial charge on any atom is -0.389 e. The molecule has 134 valence electrons. The average Bonchev–Trinajstić information content (AvgIpc) is 2.95. The molecule has 1 heterocycles. The molecule has 0 radical (unpaired) electrons. The lowest BCUT2D eigenvalue weighted by atomic mass is 10.2. The molecule has 2 aromatic carbocycles. The highest BCUT2D eigenvalue weighted by atomic mass is 16.5. The number of aliphatic hydroxyl groups excluding tert-OH is 1. The normalized spacial score (nSPS) is 12.9. The van der Waals surface area contributed by atoms with Crippen LogP contribution < -0.4 is 0 Å². The van der Waals surface area contributed by atoms with Gasteiger partial charge in [-0.3, -0.25) is 0 Å². The van der Waals surface area contributed by atoms with Crippen LogP contribution in [0.1, 0.15) is 39.0 Å². The van der Waals surface area contributed by atoms with E-state index in [0.29, 0.717) is 13.2 Å². The van der Waals surface area contributed by atoms with Crippen molar-refractivity contribution in [1.82, 2.24) is 4.57 Å². The van der Waals surface area contributed by atoms with Crippen LogP contribution in [-0.4, -0.2) is 29.0 Å². The summed E-state index contributed by atoms with van der Waals surface area (Å²) in [6.07, 6.45) is 5.66. The molecular weight excluding hydrogens is 310 g/mol. The van der Waals surface area contributed by atoms with E-state index in [0.717, 1.165) is 13.0 Å². The standard InChI is InChI=1S/C22H29NO2/c1-2-3-4-5-10-15-25-17-18(24)16-23-21-13-8-6-11-19(21)20-12-7-9-14-22(20)23/h6-9,11-14,18,24H,2-5,10,15-17H2,1H3. The average molecular weight is 339 g/mol. The quantitative estimate of drug-likeness (QED) is 0.519. The topological polar surface area (TPSA) is 34.4 Å². The van der Waals surface area contributed by atoms with Gasteiger partial charge >= 0.3 is 0 Å². The number of para-hydroxylation sites is 2. The van der Waals surface area contributed by atoms with E-state index in [-0.39, 0.29) is 0 Å². The van der Waals surface area contributed by atoms with Gasteiger partial charge < -0.3 is 14.4 Å². The number of benzene rings is 2. The van der Waals surface area contributed by atoms with Crippen LogP contribution in [-0.2, 0) is 11.3 Å². The zero-order chi connectivity index (χ0) is 17.5. The van der Waals surface area contributed by atoms with Crippen molar-refractivity contribution in [2.75, 3.05) is 13.2 Å². The van der Waals surface area contributed by atoms with E-state index in [1.54, 1.807) is 0 Å². The number of fused-ring (bicyclic) bond motifs is 3. The lowest BCUT2D eigenvalue weighted by molar-refractivity contribution is 0.0278. The molecule has 3 rings (SSSR count). The van der Waals surface area contributed by atoms with Crippen molar-refractivity contribution in [3.05, 3.63) is 48.5 Å². The molecule has 0 bridgehead atoms. The summed E-state index contributed by atoms with van der Waals surface area (Å²) in [5, 5.41) is 12.9. The van der Waals surface area contributed by atoms with Gasteiger partial charge in [0.15, 0.2) is 0 Å². The third-order valence-electron chi connectivity index (χ3n) is 4.78. The number of hydrogen-bond donors (Lipinski definition) is 1. The van der Waals surface area contributed by atoms with E-state index in [4.69, 9.17) is 4.74 Å². The van der Waals surface area contributed by atoms with Crippen molar-refractivity contribution in [3.63, 3.8) is 0 Å². The van der Waals surface area contributed by atoms with E-state index < -0.39 is 6.10 Å². The molecule has 3 nitrogen and oxygen atoms in total. The molecule has 0 amide bonds. The highest BCUT2D eigenvalue weighted by Gasteiger charge is 2.13. The second kappa shape index (κ2) is 9.02. The van der Waals surface area contributed by atoms with Gasteiger partial charge in [-0.1, -0.05) is 69.0 Å². The summed E-state index contributed by atoms with van der Waals surface area (Å²) in [7, 11) is 0. The fourth-order valence-corrected chi connectivity index (χ4v) is 3.49. The lowest BCUT2D eigenvalue weighted by Gasteiger charge is -2.14. The number of hydrogen-bond acceptors (Lipinski definition) is 2. The van der Waals surface area contributed by atoms with Crippen molar-refractivity contribution in [2.24, 2.45) is 0 Å².